The molecule has 2 aliphatic heterocycles. The van der Waals surface area contributed by atoms with Crippen molar-refractivity contribution in [2.24, 2.45) is 5.92 Å². The molecule has 2 aromatic rings. The van der Waals surface area contributed by atoms with Crippen molar-refractivity contribution in [3.63, 3.8) is 0 Å². The lowest BCUT2D eigenvalue weighted by Crippen LogP contribution is -2.57. The van der Waals surface area contributed by atoms with E-state index in [1.807, 2.05) is 38.1 Å². The third-order valence-electron chi connectivity index (χ3n) is 6.41. The van der Waals surface area contributed by atoms with Gasteiger partial charge in [-0.2, -0.15) is 0 Å². The van der Waals surface area contributed by atoms with Crippen molar-refractivity contribution in [2.45, 2.75) is 38.6 Å². The normalized spacial score (nSPS) is 22.8. The summed E-state index contributed by atoms with van der Waals surface area (Å²) < 4.78 is 0. The first kappa shape index (κ1) is 21.5. The molecule has 0 aliphatic carbocycles. The summed E-state index contributed by atoms with van der Waals surface area (Å²) in [6.07, 6.45) is 1.56. The summed E-state index contributed by atoms with van der Waals surface area (Å²) in [5.74, 6) is -0.746. The van der Waals surface area contributed by atoms with E-state index in [1.165, 1.54) is 11.3 Å². The second kappa shape index (κ2) is 8.07. The second-order valence-corrected chi connectivity index (χ2v) is 10.0. The molecule has 0 radical (unpaired) electrons. The zero-order chi connectivity index (χ0) is 22.3. The Kier molecular flexibility index (Phi) is 5.60. The summed E-state index contributed by atoms with van der Waals surface area (Å²) in [4.78, 5) is 48.1. The van der Waals surface area contributed by atoms with Crippen LogP contribution in [-0.2, 0) is 22.4 Å². The van der Waals surface area contributed by atoms with E-state index in [-0.39, 0.29) is 24.1 Å². The van der Waals surface area contributed by atoms with Crippen molar-refractivity contribution < 1.29 is 14.4 Å². The maximum absolute atomic E-state index is 13.2. The van der Waals surface area contributed by atoms with Gasteiger partial charge in [0.1, 0.15) is 0 Å². The zero-order valence-corrected chi connectivity index (χ0v) is 19.2. The zero-order valence-electron chi connectivity index (χ0n) is 18.4. The first-order chi connectivity index (χ1) is 14.7. The summed E-state index contributed by atoms with van der Waals surface area (Å²) in [7, 11) is 3.44. The monoisotopic (exact) mass is 440 g/mol. The third kappa shape index (κ3) is 3.96. The lowest BCUT2D eigenvalue weighted by Gasteiger charge is -2.34. The predicted molar refractivity (Wildman–Crippen MR) is 119 cm³/mol. The number of likely N-dealkylation sites (tertiary alicyclic amines) is 1. The minimum atomic E-state index is -0.772. The molecular formula is C23H28N4O3S. The van der Waals surface area contributed by atoms with Gasteiger partial charge in [0, 0.05) is 37.6 Å². The van der Waals surface area contributed by atoms with Gasteiger partial charge >= 0.3 is 0 Å². The quantitative estimate of drug-likeness (QED) is 0.791. The molecule has 31 heavy (non-hydrogen) atoms. The summed E-state index contributed by atoms with van der Waals surface area (Å²) in [6.45, 7) is 4.50. The summed E-state index contributed by atoms with van der Waals surface area (Å²) >= 11 is 1.53. The van der Waals surface area contributed by atoms with Gasteiger partial charge in [-0.3, -0.25) is 14.4 Å². The van der Waals surface area contributed by atoms with E-state index in [0.29, 0.717) is 31.5 Å². The fourth-order valence-electron chi connectivity index (χ4n) is 4.77. The highest BCUT2D eigenvalue weighted by Crippen LogP contribution is 2.36. The van der Waals surface area contributed by atoms with Gasteiger partial charge in [-0.1, -0.05) is 18.2 Å². The number of thiazole rings is 1. The van der Waals surface area contributed by atoms with Crippen molar-refractivity contribution in [1.29, 1.82) is 0 Å². The van der Waals surface area contributed by atoms with E-state index < -0.39 is 11.5 Å². The minimum Gasteiger partial charge on any atom is -0.348 e. The molecule has 0 bridgehead atoms. The van der Waals surface area contributed by atoms with Crippen LogP contribution in [-0.4, -0.2) is 65.2 Å². The molecule has 8 heteroatoms. The Bertz CT molecular complexity index is 1050. The number of nitrogens with one attached hydrogen (secondary N) is 1. The third-order valence-corrected chi connectivity index (χ3v) is 7.48. The topological polar surface area (TPSA) is 82.6 Å². The van der Waals surface area contributed by atoms with E-state index in [1.54, 1.807) is 23.9 Å². The summed E-state index contributed by atoms with van der Waals surface area (Å²) in [6, 6.07) is 7.56. The van der Waals surface area contributed by atoms with Gasteiger partial charge in [-0.05, 0) is 38.3 Å². The van der Waals surface area contributed by atoms with Gasteiger partial charge in [0.15, 0.2) is 0 Å². The van der Waals surface area contributed by atoms with Crippen LogP contribution in [0.15, 0.2) is 24.3 Å². The number of benzene rings is 1. The average molecular weight is 441 g/mol. The Morgan fingerprint density at radius 2 is 2.03 bits per heavy atom. The summed E-state index contributed by atoms with van der Waals surface area (Å²) in [5.41, 5.74) is 1.74. The Morgan fingerprint density at radius 3 is 2.71 bits per heavy atom. The number of aromatic nitrogens is 1. The van der Waals surface area contributed by atoms with Crippen molar-refractivity contribution in [1.82, 2.24) is 20.1 Å². The Hall–Kier alpha value is -2.74. The molecule has 1 N–H and O–H groups in total. The smallest absolute Gasteiger partial charge is 0.252 e. The highest BCUT2D eigenvalue weighted by molar-refractivity contribution is 7.11. The standard InChI is InChI=1S/C23H28N4O3S/c1-14-19(31-15(2)24-14)11-20(28)27-12-18(22(30)26(3)4)23(13-27)10-9-16-7-5-6-8-17(16)21(29)25-23/h5-8,18H,9-13H2,1-4H3,(H,25,29)/t18-,23+/m1/s1. The molecule has 7 nitrogen and oxygen atoms in total. The number of amides is 3. The molecule has 1 fully saturated rings. The molecule has 4 rings (SSSR count). The fourth-order valence-corrected chi connectivity index (χ4v) is 5.69. The molecule has 1 saturated heterocycles. The molecule has 3 heterocycles. The molecule has 0 saturated carbocycles. The maximum Gasteiger partial charge on any atom is 0.252 e. The average Bonchev–Trinajstić information content (AvgIpc) is 3.20. The molecule has 0 unspecified atom stereocenters. The number of aryl methyl sites for hydroxylation is 3. The molecule has 164 valence electrons. The number of hydrogen-bond donors (Lipinski definition) is 1. The van der Waals surface area contributed by atoms with Crippen molar-refractivity contribution in [3.8, 4) is 0 Å². The summed E-state index contributed by atoms with van der Waals surface area (Å²) in [5, 5.41) is 4.11. The SMILES string of the molecule is Cc1nc(C)c(CC(=O)N2C[C@H](C(=O)N(C)C)[C@]3(CCc4ccccc4C(=O)N3)C2)s1. The fraction of sp³-hybridized carbons (Fsp3) is 0.478. The van der Waals surface area contributed by atoms with Crippen LogP contribution in [0.4, 0.5) is 0 Å². The maximum atomic E-state index is 13.2. The predicted octanol–water partition coefficient (Wildman–Crippen LogP) is 1.96. The van der Waals surface area contributed by atoms with Gasteiger partial charge in [-0.25, -0.2) is 4.98 Å². The van der Waals surface area contributed by atoms with E-state index in [0.717, 1.165) is 21.1 Å². The van der Waals surface area contributed by atoms with Crippen LogP contribution in [0.3, 0.4) is 0 Å². The molecule has 1 spiro atoms. The van der Waals surface area contributed by atoms with E-state index in [9.17, 15) is 14.4 Å². The van der Waals surface area contributed by atoms with Crippen LogP contribution >= 0.6 is 11.3 Å². The first-order valence-electron chi connectivity index (χ1n) is 10.5. The van der Waals surface area contributed by atoms with E-state index in [4.69, 9.17) is 0 Å². The van der Waals surface area contributed by atoms with E-state index in [2.05, 4.69) is 10.3 Å². The number of rotatable bonds is 3. The van der Waals surface area contributed by atoms with Gasteiger partial charge in [0.05, 0.1) is 28.6 Å². The van der Waals surface area contributed by atoms with Crippen LogP contribution in [0.25, 0.3) is 0 Å². The van der Waals surface area contributed by atoms with Gasteiger partial charge < -0.3 is 15.1 Å². The highest BCUT2D eigenvalue weighted by Gasteiger charge is 2.53. The minimum absolute atomic E-state index is 0.0313. The Labute approximate surface area is 186 Å². The van der Waals surface area contributed by atoms with Crippen molar-refractivity contribution in [2.75, 3.05) is 27.2 Å². The first-order valence-corrected chi connectivity index (χ1v) is 11.3. The molecule has 3 amide bonds. The largest absolute Gasteiger partial charge is 0.348 e. The molecular weight excluding hydrogens is 412 g/mol. The van der Waals surface area contributed by atoms with Crippen molar-refractivity contribution in [3.05, 3.63) is 51.0 Å². The second-order valence-electron chi connectivity index (χ2n) is 8.75. The van der Waals surface area contributed by atoms with Crippen molar-refractivity contribution >= 4 is 29.1 Å². The van der Waals surface area contributed by atoms with Gasteiger partial charge in [-0.15, -0.1) is 11.3 Å². The lowest BCUT2D eigenvalue weighted by molar-refractivity contribution is -0.134. The number of carbonyl (C=O) groups excluding carboxylic acids is 3. The van der Waals surface area contributed by atoms with E-state index >= 15 is 0 Å². The Balaban J connectivity index is 1.63. The van der Waals surface area contributed by atoms with Crippen LogP contribution < -0.4 is 5.32 Å². The lowest BCUT2D eigenvalue weighted by atomic mass is 9.81. The van der Waals surface area contributed by atoms with Gasteiger partial charge in [0.25, 0.3) is 5.91 Å². The van der Waals surface area contributed by atoms with Gasteiger partial charge in [0.2, 0.25) is 11.8 Å². The van der Waals surface area contributed by atoms with Crippen LogP contribution in [0.2, 0.25) is 0 Å². The molecule has 2 aliphatic rings. The van der Waals surface area contributed by atoms with Crippen LogP contribution in [0, 0.1) is 19.8 Å². The Morgan fingerprint density at radius 1 is 1.29 bits per heavy atom. The highest BCUT2D eigenvalue weighted by atomic mass is 32.1. The molecule has 1 aromatic heterocycles. The number of nitrogens with zero attached hydrogens (tertiary/aromatic N) is 3. The molecule has 2 atom stereocenters. The van der Waals surface area contributed by atoms with Crippen LogP contribution in [0.1, 0.15) is 37.9 Å². The number of carbonyl (C=O) groups is 3. The molecule has 1 aromatic carbocycles. The number of fused-ring (bicyclic) bond motifs is 1. The van der Waals surface area contributed by atoms with Crippen LogP contribution in [0.5, 0.6) is 0 Å². The number of hydrogen-bond acceptors (Lipinski definition) is 5.